The fourth-order valence-corrected chi connectivity index (χ4v) is 5.23. The number of rotatable bonds is 6. The van der Waals surface area contributed by atoms with Gasteiger partial charge in [0.2, 0.25) is 0 Å². The number of nitrogens with zero attached hydrogens (tertiary/aromatic N) is 1. The summed E-state index contributed by atoms with van der Waals surface area (Å²) in [6, 6.07) is 23.0. The van der Waals surface area contributed by atoms with E-state index in [0.29, 0.717) is 11.1 Å². The zero-order chi connectivity index (χ0) is 21.7. The Bertz CT molecular complexity index is 1150. The van der Waals surface area contributed by atoms with E-state index in [2.05, 4.69) is 16.3 Å². The van der Waals surface area contributed by atoms with Gasteiger partial charge in [0.15, 0.2) is 9.84 Å². The zero-order valence-corrected chi connectivity index (χ0v) is 18.1. The SMILES string of the molecule is O=C(Nc1cccc(N2CCCCC2)c1)c1cccc(CS(=O)(=O)c2ccccc2)c1. The van der Waals surface area contributed by atoms with Crippen LogP contribution in [0.15, 0.2) is 83.8 Å². The summed E-state index contributed by atoms with van der Waals surface area (Å²) >= 11 is 0. The Labute approximate surface area is 183 Å². The van der Waals surface area contributed by atoms with Gasteiger partial charge in [-0.3, -0.25) is 4.79 Å². The van der Waals surface area contributed by atoms with Crippen LogP contribution in [0.2, 0.25) is 0 Å². The van der Waals surface area contributed by atoms with Crippen molar-refractivity contribution in [3.8, 4) is 0 Å². The molecule has 1 saturated heterocycles. The Kier molecular flexibility index (Phi) is 6.37. The summed E-state index contributed by atoms with van der Waals surface area (Å²) in [5.41, 5.74) is 2.86. The molecular weight excluding hydrogens is 408 g/mol. The van der Waals surface area contributed by atoms with Gasteiger partial charge in [-0.2, -0.15) is 0 Å². The largest absolute Gasteiger partial charge is 0.371 e. The van der Waals surface area contributed by atoms with Crippen LogP contribution < -0.4 is 10.2 Å². The van der Waals surface area contributed by atoms with Crippen molar-refractivity contribution in [1.82, 2.24) is 0 Å². The van der Waals surface area contributed by atoms with Gasteiger partial charge in [0, 0.05) is 30.0 Å². The lowest BCUT2D eigenvalue weighted by Crippen LogP contribution is -2.29. The fraction of sp³-hybridized carbons (Fsp3) is 0.240. The van der Waals surface area contributed by atoms with Crippen LogP contribution in [0.4, 0.5) is 11.4 Å². The van der Waals surface area contributed by atoms with E-state index in [1.165, 1.54) is 19.3 Å². The number of carbonyl (C=O) groups excluding carboxylic acids is 1. The highest BCUT2D eigenvalue weighted by molar-refractivity contribution is 7.90. The molecule has 1 aliphatic heterocycles. The van der Waals surface area contributed by atoms with Crippen molar-refractivity contribution in [3.63, 3.8) is 0 Å². The molecular formula is C25H26N2O3S. The fourth-order valence-electron chi connectivity index (χ4n) is 3.87. The predicted molar refractivity (Wildman–Crippen MR) is 124 cm³/mol. The van der Waals surface area contributed by atoms with Crippen molar-refractivity contribution < 1.29 is 13.2 Å². The average molecular weight is 435 g/mol. The first-order valence-electron chi connectivity index (χ1n) is 10.5. The topological polar surface area (TPSA) is 66.5 Å². The minimum atomic E-state index is -3.47. The Morgan fingerprint density at radius 1 is 0.839 bits per heavy atom. The molecule has 1 fully saturated rings. The summed E-state index contributed by atoms with van der Waals surface area (Å²) < 4.78 is 25.3. The van der Waals surface area contributed by atoms with Gasteiger partial charge in [-0.1, -0.05) is 36.4 Å². The van der Waals surface area contributed by atoms with E-state index in [4.69, 9.17) is 0 Å². The number of hydrogen-bond acceptors (Lipinski definition) is 4. The van der Waals surface area contributed by atoms with Crippen LogP contribution in [0.3, 0.4) is 0 Å². The van der Waals surface area contributed by atoms with Crippen LogP contribution >= 0.6 is 0 Å². The lowest BCUT2D eigenvalue weighted by molar-refractivity contribution is 0.102. The van der Waals surface area contributed by atoms with Gasteiger partial charge in [0.1, 0.15) is 0 Å². The molecule has 3 aromatic rings. The van der Waals surface area contributed by atoms with Crippen LogP contribution in [0.1, 0.15) is 35.2 Å². The van der Waals surface area contributed by atoms with E-state index in [1.807, 2.05) is 18.2 Å². The number of carbonyl (C=O) groups is 1. The first-order chi connectivity index (χ1) is 15.0. The second kappa shape index (κ2) is 9.35. The summed E-state index contributed by atoms with van der Waals surface area (Å²) in [5, 5.41) is 2.94. The third kappa shape index (κ3) is 5.33. The molecule has 3 aromatic carbocycles. The molecule has 5 nitrogen and oxygen atoms in total. The van der Waals surface area contributed by atoms with Gasteiger partial charge < -0.3 is 10.2 Å². The molecule has 0 saturated carbocycles. The average Bonchev–Trinajstić information content (AvgIpc) is 2.80. The maximum atomic E-state index is 12.8. The summed E-state index contributed by atoms with van der Waals surface area (Å²) in [6.07, 6.45) is 3.65. The van der Waals surface area contributed by atoms with Crippen LogP contribution in [-0.2, 0) is 15.6 Å². The molecule has 0 unspecified atom stereocenters. The number of sulfone groups is 1. The normalized spacial score (nSPS) is 14.3. The van der Waals surface area contributed by atoms with E-state index in [-0.39, 0.29) is 16.6 Å². The van der Waals surface area contributed by atoms with Gasteiger partial charge in [0.25, 0.3) is 5.91 Å². The molecule has 1 N–H and O–H groups in total. The molecule has 31 heavy (non-hydrogen) atoms. The molecule has 0 atom stereocenters. The number of benzene rings is 3. The Balaban J connectivity index is 1.47. The van der Waals surface area contributed by atoms with E-state index in [0.717, 1.165) is 24.5 Å². The van der Waals surface area contributed by atoms with Crippen molar-refractivity contribution in [2.75, 3.05) is 23.3 Å². The molecule has 0 radical (unpaired) electrons. The van der Waals surface area contributed by atoms with Crippen LogP contribution in [-0.4, -0.2) is 27.4 Å². The lowest BCUT2D eigenvalue weighted by Gasteiger charge is -2.29. The molecule has 6 heteroatoms. The highest BCUT2D eigenvalue weighted by atomic mass is 32.2. The quantitative estimate of drug-likeness (QED) is 0.599. The smallest absolute Gasteiger partial charge is 0.255 e. The first-order valence-corrected chi connectivity index (χ1v) is 12.2. The molecule has 1 aliphatic rings. The number of hydrogen-bond donors (Lipinski definition) is 1. The standard InChI is InChI=1S/C25H26N2O3S/c28-25(26-22-11-8-12-23(18-22)27-15-5-2-6-16-27)21-10-7-9-20(17-21)19-31(29,30)24-13-3-1-4-14-24/h1,3-4,7-14,17-18H,2,5-6,15-16,19H2,(H,26,28). The van der Waals surface area contributed by atoms with Gasteiger partial charge in [-0.05, 0) is 67.3 Å². The van der Waals surface area contributed by atoms with E-state index >= 15 is 0 Å². The third-order valence-corrected chi connectivity index (χ3v) is 7.18. The molecule has 160 valence electrons. The van der Waals surface area contributed by atoms with E-state index < -0.39 is 9.84 Å². The summed E-state index contributed by atoms with van der Waals surface area (Å²) in [5.74, 6) is -0.405. The molecule has 0 bridgehead atoms. The lowest BCUT2D eigenvalue weighted by atomic mass is 10.1. The maximum Gasteiger partial charge on any atom is 0.255 e. The monoisotopic (exact) mass is 434 g/mol. The Hall–Kier alpha value is -3.12. The van der Waals surface area contributed by atoms with Crippen LogP contribution in [0.5, 0.6) is 0 Å². The molecule has 1 heterocycles. The van der Waals surface area contributed by atoms with E-state index in [9.17, 15) is 13.2 Å². The van der Waals surface area contributed by atoms with Gasteiger partial charge in [-0.15, -0.1) is 0 Å². The Morgan fingerprint density at radius 3 is 2.35 bits per heavy atom. The number of nitrogens with one attached hydrogen (secondary N) is 1. The Morgan fingerprint density at radius 2 is 1.58 bits per heavy atom. The maximum absolute atomic E-state index is 12.8. The number of piperidine rings is 1. The highest BCUT2D eigenvalue weighted by Gasteiger charge is 2.16. The zero-order valence-electron chi connectivity index (χ0n) is 17.3. The molecule has 0 spiro atoms. The van der Waals surface area contributed by atoms with Gasteiger partial charge >= 0.3 is 0 Å². The second-order valence-electron chi connectivity index (χ2n) is 7.82. The van der Waals surface area contributed by atoms with Crippen molar-refractivity contribution in [2.45, 2.75) is 29.9 Å². The minimum absolute atomic E-state index is 0.150. The second-order valence-corrected chi connectivity index (χ2v) is 9.81. The van der Waals surface area contributed by atoms with Crippen molar-refractivity contribution in [3.05, 3.63) is 90.0 Å². The molecule has 1 amide bonds. The third-order valence-electron chi connectivity index (χ3n) is 5.47. The van der Waals surface area contributed by atoms with Crippen molar-refractivity contribution in [1.29, 1.82) is 0 Å². The van der Waals surface area contributed by atoms with Crippen molar-refractivity contribution in [2.24, 2.45) is 0 Å². The summed E-state index contributed by atoms with van der Waals surface area (Å²) in [4.78, 5) is 15.4. The van der Waals surface area contributed by atoms with Crippen LogP contribution in [0, 0.1) is 0 Å². The number of anilines is 2. The van der Waals surface area contributed by atoms with Crippen LogP contribution in [0.25, 0.3) is 0 Å². The minimum Gasteiger partial charge on any atom is -0.371 e. The predicted octanol–water partition coefficient (Wildman–Crippen LogP) is 4.90. The molecule has 4 rings (SSSR count). The molecule has 0 aliphatic carbocycles. The molecule has 0 aromatic heterocycles. The first kappa shape index (κ1) is 21.1. The summed E-state index contributed by atoms with van der Waals surface area (Å²) in [7, 11) is -3.47. The number of amides is 1. The van der Waals surface area contributed by atoms with Crippen molar-refractivity contribution >= 4 is 27.1 Å². The van der Waals surface area contributed by atoms with Gasteiger partial charge in [0.05, 0.1) is 10.6 Å². The van der Waals surface area contributed by atoms with E-state index in [1.54, 1.807) is 54.6 Å². The van der Waals surface area contributed by atoms with Gasteiger partial charge in [-0.25, -0.2) is 8.42 Å². The summed E-state index contributed by atoms with van der Waals surface area (Å²) in [6.45, 7) is 2.07. The highest BCUT2D eigenvalue weighted by Crippen LogP contribution is 2.24.